The van der Waals surface area contributed by atoms with Crippen LogP contribution in [-0.2, 0) is 0 Å². The molecule has 1 atom stereocenters. The average Bonchev–Trinajstić information content (AvgIpc) is 2.86. The number of thioether (sulfide) groups is 1. The van der Waals surface area contributed by atoms with Crippen molar-refractivity contribution in [3.63, 3.8) is 0 Å². The van der Waals surface area contributed by atoms with Crippen LogP contribution in [0, 0.1) is 0 Å². The van der Waals surface area contributed by atoms with Gasteiger partial charge in [0.25, 0.3) is 0 Å². The lowest BCUT2D eigenvalue weighted by atomic mass is 10.2. The molecule has 4 nitrogen and oxygen atoms in total. The van der Waals surface area contributed by atoms with Crippen molar-refractivity contribution in [2.24, 2.45) is 20.0 Å². The Labute approximate surface area is 103 Å². The highest BCUT2D eigenvalue weighted by Crippen LogP contribution is 2.20. The summed E-state index contributed by atoms with van der Waals surface area (Å²) in [4.78, 5) is 18.0. The predicted molar refractivity (Wildman–Crippen MR) is 72.8 cm³/mol. The van der Waals surface area contributed by atoms with Crippen molar-refractivity contribution >= 4 is 36.0 Å². The highest BCUT2D eigenvalue weighted by molar-refractivity contribution is 8.00. The molecule has 0 amide bonds. The maximum Gasteiger partial charge on any atom is 0.162 e. The van der Waals surface area contributed by atoms with Gasteiger partial charge in [-0.3, -0.25) is 4.99 Å². The van der Waals surface area contributed by atoms with Gasteiger partial charge in [0, 0.05) is 10.6 Å². The van der Waals surface area contributed by atoms with Gasteiger partial charge in [-0.05, 0) is 12.1 Å². The molecular weight excluding hydrogens is 232 g/mol. The van der Waals surface area contributed by atoms with E-state index in [2.05, 4.69) is 32.1 Å². The summed E-state index contributed by atoms with van der Waals surface area (Å²) >= 11 is 1.75. The van der Waals surface area contributed by atoms with E-state index in [1.165, 1.54) is 4.90 Å². The summed E-state index contributed by atoms with van der Waals surface area (Å²) in [6.07, 6.45) is 3.12. The van der Waals surface area contributed by atoms with Crippen molar-refractivity contribution in [3.05, 3.63) is 30.3 Å². The van der Waals surface area contributed by atoms with E-state index in [1.54, 1.807) is 24.4 Å². The Bertz CT molecular complexity index is 531. The molecule has 0 fully saturated rings. The van der Waals surface area contributed by atoms with E-state index in [9.17, 15) is 0 Å². The number of nitrogens with zero attached hydrogens (tertiary/aromatic N) is 4. The fourth-order valence-electron chi connectivity index (χ4n) is 1.66. The van der Waals surface area contributed by atoms with E-state index < -0.39 is 0 Å². The third kappa shape index (κ3) is 2.19. The zero-order valence-electron chi connectivity index (χ0n) is 9.02. The van der Waals surface area contributed by atoms with E-state index >= 15 is 0 Å². The molecule has 0 bridgehead atoms. The third-order valence-electron chi connectivity index (χ3n) is 2.51. The molecule has 1 aromatic carbocycles. The molecular formula is C12H10N4S. The number of hydrogen-bond acceptors (Lipinski definition) is 5. The second kappa shape index (κ2) is 4.63. The van der Waals surface area contributed by atoms with Crippen LogP contribution in [0.15, 0.2) is 55.2 Å². The Balaban J connectivity index is 1.70. The molecule has 2 aliphatic heterocycles. The van der Waals surface area contributed by atoms with Gasteiger partial charge in [-0.1, -0.05) is 18.2 Å². The Morgan fingerprint density at radius 2 is 1.94 bits per heavy atom. The van der Waals surface area contributed by atoms with Gasteiger partial charge in [0.15, 0.2) is 11.9 Å². The Hall–Kier alpha value is -1.75. The van der Waals surface area contributed by atoms with Gasteiger partial charge in [-0.25, -0.2) is 15.0 Å². The first kappa shape index (κ1) is 10.4. The van der Waals surface area contributed by atoms with Crippen molar-refractivity contribution in [2.75, 3.05) is 5.75 Å². The summed E-state index contributed by atoms with van der Waals surface area (Å²) in [6.45, 7) is 0. The van der Waals surface area contributed by atoms with Crippen molar-refractivity contribution in [3.8, 4) is 0 Å². The maximum atomic E-state index is 4.30. The number of amidine groups is 1. The first-order valence-electron chi connectivity index (χ1n) is 5.30. The normalized spacial score (nSPS) is 21.1. The molecule has 84 valence electrons. The van der Waals surface area contributed by atoms with Crippen molar-refractivity contribution in [1.82, 2.24) is 0 Å². The van der Waals surface area contributed by atoms with Crippen LogP contribution in [0.3, 0.4) is 0 Å². The summed E-state index contributed by atoms with van der Waals surface area (Å²) in [5.74, 6) is 1.57. The second-order valence-corrected chi connectivity index (χ2v) is 4.67. The molecule has 0 aliphatic carbocycles. The van der Waals surface area contributed by atoms with Gasteiger partial charge in [-0.2, -0.15) is 0 Å². The Morgan fingerprint density at radius 1 is 1.06 bits per heavy atom. The minimum atomic E-state index is -0.0591. The molecule has 0 aromatic heterocycles. The highest BCUT2D eigenvalue weighted by atomic mass is 32.2. The zero-order chi connectivity index (χ0) is 11.5. The summed E-state index contributed by atoms with van der Waals surface area (Å²) in [6, 6.07) is 10.2. The van der Waals surface area contributed by atoms with Crippen LogP contribution in [0.2, 0.25) is 0 Å². The van der Waals surface area contributed by atoms with Crippen molar-refractivity contribution in [2.45, 2.75) is 10.9 Å². The molecule has 0 radical (unpaired) electrons. The Morgan fingerprint density at radius 3 is 2.82 bits per heavy atom. The fraction of sp³-hybridized carbons (Fsp3) is 0.167. The monoisotopic (exact) mass is 242 g/mol. The molecule has 5 heteroatoms. The van der Waals surface area contributed by atoms with E-state index in [0.717, 1.165) is 17.3 Å². The molecule has 2 aliphatic rings. The maximum absolute atomic E-state index is 4.30. The molecule has 2 heterocycles. The lowest BCUT2D eigenvalue weighted by Crippen LogP contribution is -2.29. The molecule has 0 saturated heterocycles. The van der Waals surface area contributed by atoms with E-state index in [4.69, 9.17) is 0 Å². The predicted octanol–water partition coefficient (Wildman–Crippen LogP) is 2.07. The number of hydrogen-bond donors (Lipinski definition) is 0. The molecule has 1 aromatic rings. The van der Waals surface area contributed by atoms with Crippen LogP contribution in [0.1, 0.15) is 0 Å². The van der Waals surface area contributed by atoms with Gasteiger partial charge in [0.2, 0.25) is 0 Å². The van der Waals surface area contributed by atoms with Crippen LogP contribution in [0.25, 0.3) is 0 Å². The standard InChI is InChI=1S/C12H10N4S/c1-2-4-9(5-3-1)17-6-10-11-12(15-7-13-10)16-8-14-11/h1-5,7-8,11H,6H2. The molecule has 0 N–H and O–H groups in total. The van der Waals surface area contributed by atoms with Crippen LogP contribution < -0.4 is 0 Å². The van der Waals surface area contributed by atoms with Crippen LogP contribution in [-0.4, -0.2) is 36.0 Å². The zero-order valence-corrected chi connectivity index (χ0v) is 9.84. The quantitative estimate of drug-likeness (QED) is 0.748. The van der Waals surface area contributed by atoms with Gasteiger partial charge in [0.05, 0.1) is 5.71 Å². The minimum absolute atomic E-state index is 0.0591. The average molecular weight is 242 g/mol. The second-order valence-electron chi connectivity index (χ2n) is 3.62. The molecule has 1 unspecified atom stereocenters. The third-order valence-corrected chi connectivity index (χ3v) is 3.56. The number of aliphatic imine (C=N–C) groups is 4. The Kier molecular flexibility index (Phi) is 2.83. The summed E-state index contributed by atoms with van der Waals surface area (Å²) in [5, 5.41) is 0. The van der Waals surface area contributed by atoms with E-state index in [1.807, 2.05) is 18.2 Å². The molecule has 0 spiro atoms. The number of rotatable bonds is 3. The van der Waals surface area contributed by atoms with E-state index in [-0.39, 0.29) is 6.04 Å². The van der Waals surface area contributed by atoms with Crippen molar-refractivity contribution in [1.29, 1.82) is 0 Å². The minimum Gasteiger partial charge on any atom is -0.256 e. The fourth-order valence-corrected chi connectivity index (χ4v) is 2.55. The summed E-state index contributed by atoms with van der Waals surface area (Å²) < 4.78 is 0. The van der Waals surface area contributed by atoms with Gasteiger partial charge >= 0.3 is 0 Å². The van der Waals surface area contributed by atoms with Gasteiger partial charge < -0.3 is 0 Å². The molecule has 17 heavy (non-hydrogen) atoms. The van der Waals surface area contributed by atoms with Gasteiger partial charge in [0.1, 0.15) is 12.7 Å². The van der Waals surface area contributed by atoms with Crippen LogP contribution in [0.4, 0.5) is 0 Å². The topological polar surface area (TPSA) is 49.4 Å². The summed E-state index contributed by atoms with van der Waals surface area (Å²) in [5.41, 5.74) is 1.02. The van der Waals surface area contributed by atoms with Gasteiger partial charge in [-0.15, -0.1) is 11.8 Å². The largest absolute Gasteiger partial charge is 0.256 e. The number of fused-ring (bicyclic) bond motifs is 1. The lowest BCUT2D eigenvalue weighted by Gasteiger charge is -2.13. The van der Waals surface area contributed by atoms with Crippen LogP contribution in [0.5, 0.6) is 0 Å². The lowest BCUT2D eigenvalue weighted by molar-refractivity contribution is 1.13. The molecule has 3 rings (SSSR count). The SMILES string of the molecule is C1=NC2=NC=NC2C(CSc2ccccc2)=N1. The molecule has 0 saturated carbocycles. The van der Waals surface area contributed by atoms with Crippen molar-refractivity contribution < 1.29 is 0 Å². The summed E-state index contributed by atoms with van der Waals surface area (Å²) in [7, 11) is 0. The first-order chi connectivity index (χ1) is 8.43. The van der Waals surface area contributed by atoms with Crippen LogP contribution >= 0.6 is 11.8 Å². The number of benzene rings is 1. The first-order valence-corrected chi connectivity index (χ1v) is 6.28. The highest BCUT2D eigenvalue weighted by Gasteiger charge is 2.25. The van der Waals surface area contributed by atoms with E-state index in [0.29, 0.717) is 0 Å². The smallest absolute Gasteiger partial charge is 0.162 e.